The zero-order valence-electron chi connectivity index (χ0n) is 10.5. The lowest BCUT2D eigenvalue weighted by molar-refractivity contribution is 0.0996. The van der Waals surface area contributed by atoms with Crippen molar-refractivity contribution < 1.29 is 9.18 Å². The number of amides is 1. The van der Waals surface area contributed by atoms with Crippen molar-refractivity contribution in [3.63, 3.8) is 0 Å². The predicted molar refractivity (Wildman–Crippen MR) is 73.8 cm³/mol. The van der Waals surface area contributed by atoms with Crippen molar-refractivity contribution in [3.8, 4) is 0 Å². The minimum atomic E-state index is -0.824. The van der Waals surface area contributed by atoms with Crippen LogP contribution in [-0.2, 0) is 0 Å². The van der Waals surface area contributed by atoms with E-state index >= 15 is 0 Å². The van der Waals surface area contributed by atoms with Crippen LogP contribution in [0.3, 0.4) is 0 Å². The van der Waals surface area contributed by atoms with Gasteiger partial charge in [0.25, 0.3) is 5.91 Å². The number of carbonyl (C=O) groups excluding carboxylic acids is 1. The molecular formula is C13H17ClFN3O. The summed E-state index contributed by atoms with van der Waals surface area (Å²) in [6.45, 7) is 0. The maximum absolute atomic E-state index is 13.7. The summed E-state index contributed by atoms with van der Waals surface area (Å²) in [6, 6.07) is 2.96. The van der Waals surface area contributed by atoms with Gasteiger partial charge in [-0.2, -0.15) is 0 Å². The fraction of sp³-hybridized carbons (Fsp3) is 0.462. The Bertz CT molecular complexity index is 487. The largest absolute Gasteiger partial charge is 0.381 e. The van der Waals surface area contributed by atoms with Gasteiger partial charge in [-0.15, -0.1) is 0 Å². The highest BCUT2D eigenvalue weighted by Crippen LogP contribution is 2.28. The van der Waals surface area contributed by atoms with Crippen molar-refractivity contribution in [2.24, 2.45) is 11.5 Å². The Morgan fingerprint density at radius 3 is 2.53 bits per heavy atom. The number of hydrogen-bond donors (Lipinski definition) is 3. The van der Waals surface area contributed by atoms with Crippen LogP contribution in [0.5, 0.6) is 0 Å². The van der Waals surface area contributed by atoms with Crippen LogP contribution in [-0.4, -0.2) is 18.0 Å². The molecule has 0 radical (unpaired) electrons. The van der Waals surface area contributed by atoms with Crippen LogP contribution < -0.4 is 16.8 Å². The molecule has 5 N–H and O–H groups in total. The fourth-order valence-corrected chi connectivity index (χ4v) is 2.55. The highest BCUT2D eigenvalue weighted by molar-refractivity contribution is 6.33. The average molecular weight is 286 g/mol. The van der Waals surface area contributed by atoms with E-state index in [1.165, 1.54) is 12.1 Å². The molecule has 1 fully saturated rings. The Labute approximate surface area is 116 Å². The molecule has 0 aliphatic heterocycles. The van der Waals surface area contributed by atoms with Crippen LogP contribution in [0.2, 0.25) is 5.02 Å². The minimum Gasteiger partial charge on any atom is -0.381 e. The molecule has 2 rings (SSSR count). The van der Waals surface area contributed by atoms with Gasteiger partial charge in [0.2, 0.25) is 0 Å². The number of primary amides is 1. The number of hydrogen-bond acceptors (Lipinski definition) is 3. The molecule has 0 saturated heterocycles. The quantitative estimate of drug-likeness (QED) is 0.797. The third-order valence-electron chi connectivity index (χ3n) is 3.45. The molecule has 0 spiro atoms. The third kappa shape index (κ3) is 3.36. The van der Waals surface area contributed by atoms with Crippen molar-refractivity contribution in [1.82, 2.24) is 0 Å². The molecule has 1 aromatic carbocycles. The molecule has 6 heteroatoms. The van der Waals surface area contributed by atoms with E-state index in [0.29, 0.717) is 10.7 Å². The lowest BCUT2D eigenvalue weighted by Gasteiger charge is -2.28. The molecule has 0 unspecified atom stereocenters. The van der Waals surface area contributed by atoms with E-state index in [2.05, 4.69) is 5.32 Å². The summed E-state index contributed by atoms with van der Waals surface area (Å²) >= 11 is 6.03. The third-order valence-corrected chi connectivity index (χ3v) is 3.77. The van der Waals surface area contributed by atoms with E-state index < -0.39 is 11.7 Å². The number of halogens is 2. The lowest BCUT2D eigenvalue weighted by atomic mass is 9.91. The number of anilines is 1. The average Bonchev–Trinajstić information content (AvgIpc) is 2.35. The van der Waals surface area contributed by atoms with Gasteiger partial charge >= 0.3 is 0 Å². The predicted octanol–water partition coefficient (Wildman–Crippen LogP) is 2.26. The molecule has 0 aromatic heterocycles. The van der Waals surface area contributed by atoms with Gasteiger partial charge in [-0.25, -0.2) is 4.39 Å². The first-order valence-corrected chi connectivity index (χ1v) is 6.66. The fourth-order valence-electron chi connectivity index (χ4n) is 2.33. The smallest absolute Gasteiger partial charge is 0.251 e. The van der Waals surface area contributed by atoms with E-state index in [1.807, 2.05) is 0 Å². The van der Waals surface area contributed by atoms with Crippen LogP contribution in [0.1, 0.15) is 36.0 Å². The molecule has 0 atom stereocenters. The zero-order valence-corrected chi connectivity index (χ0v) is 11.2. The lowest BCUT2D eigenvalue weighted by Crippen LogP contribution is -2.32. The molecule has 1 saturated carbocycles. The molecular weight excluding hydrogens is 269 g/mol. The standard InChI is InChI=1S/C13H17ClFN3O/c14-10-5-9(13(17)19)11(15)6-12(10)18-8-3-1-7(16)2-4-8/h5-8,18H,1-4,16H2,(H2,17,19)/t7-,8-. The van der Waals surface area contributed by atoms with E-state index in [9.17, 15) is 9.18 Å². The maximum atomic E-state index is 13.7. The highest BCUT2D eigenvalue weighted by Gasteiger charge is 2.20. The summed E-state index contributed by atoms with van der Waals surface area (Å²) in [5.74, 6) is -1.48. The van der Waals surface area contributed by atoms with Crippen molar-refractivity contribution in [2.75, 3.05) is 5.32 Å². The SMILES string of the molecule is NC(=O)c1cc(Cl)c(N[C@H]2CC[C@H](N)CC2)cc1F. The molecule has 104 valence electrons. The van der Waals surface area contributed by atoms with E-state index in [0.717, 1.165) is 25.7 Å². The topological polar surface area (TPSA) is 81.1 Å². The van der Waals surface area contributed by atoms with Gasteiger partial charge in [0, 0.05) is 12.1 Å². The maximum Gasteiger partial charge on any atom is 0.251 e. The molecule has 1 aliphatic rings. The molecule has 1 aromatic rings. The Morgan fingerprint density at radius 1 is 1.32 bits per heavy atom. The first-order chi connectivity index (χ1) is 8.97. The van der Waals surface area contributed by atoms with Crippen LogP contribution in [0, 0.1) is 5.82 Å². The summed E-state index contributed by atoms with van der Waals surface area (Å²) in [7, 11) is 0. The molecule has 19 heavy (non-hydrogen) atoms. The van der Waals surface area contributed by atoms with Gasteiger partial charge < -0.3 is 16.8 Å². The first-order valence-electron chi connectivity index (χ1n) is 6.28. The Kier molecular flexibility index (Phi) is 4.27. The van der Waals surface area contributed by atoms with Crippen molar-refractivity contribution in [1.29, 1.82) is 0 Å². The van der Waals surface area contributed by atoms with E-state index in [-0.39, 0.29) is 17.6 Å². The van der Waals surface area contributed by atoms with Crippen molar-refractivity contribution in [3.05, 3.63) is 28.5 Å². The zero-order chi connectivity index (χ0) is 14.0. The molecule has 1 amide bonds. The van der Waals surface area contributed by atoms with Crippen LogP contribution in [0.4, 0.5) is 10.1 Å². The number of nitrogens with two attached hydrogens (primary N) is 2. The Morgan fingerprint density at radius 2 is 1.95 bits per heavy atom. The highest BCUT2D eigenvalue weighted by atomic mass is 35.5. The van der Waals surface area contributed by atoms with Gasteiger partial charge in [-0.05, 0) is 37.8 Å². The molecule has 0 heterocycles. The number of rotatable bonds is 3. The summed E-state index contributed by atoms with van der Waals surface area (Å²) in [5, 5.41) is 3.49. The van der Waals surface area contributed by atoms with Crippen molar-refractivity contribution in [2.45, 2.75) is 37.8 Å². The van der Waals surface area contributed by atoms with E-state index in [1.54, 1.807) is 0 Å². The Balaban J connectivity index is 2.13. The summed E-state index contributed by atoms with van der Waals surface area (Å²) < 4.78 is 13.7. The Hall–Kier alpha value is -1.33. The second-order valence-corrected chi connectivity index (χ2v) is 5.34. The number of carbonyl (C=O) groups is 1. The van der Waals surface area contributed by atoms with Gasteiger partial charge in [-0.1, -0.05) is 11.6 Å². The molecule has 0 bridgehead atoms. The number of benzene rings is 1. The normalized spacial score (nSPS) is 23.1. The van der Waals surface area contributed by atoms with Crippen LogP contribution >= 0.6 is 11.6 Å². The summed E-state index contributed by atoms with van der Waals surface area (Å²) in [5.41, 5.74) is 11.2. The summed E-state index contributed by atoms with van der Waals surface area (Å²) in [6.07, 6.45) is 3.74. The monoisotopic (exact) mass is 285 g/mol. The van der Waals surface area contributed by atoms with E-state index in [4.69, 9.17) is 23.1 Å². The number of nitrogens with one attached hydrogen (secondary N) is 1. The van der Waals surface area contributed by atoms with Gasteiger partial charge in [-0.3, -0.25) is 4.79 Å². The second-order valence-electron chi connectivity index (χ2n) is 4.93. The minimum absolute atomic E-state index is 0.193. The van der Waals surface area contributed by atoms with Gasteiger partial charge in [0.05, 0.1) is 16.3 Å². The van der Waals surface area contributed by atoms with Crippen molar-refractivity contribution >= 4 is 23.2 Å². The van der Waals surface area contributed by atoms with Gasteiger partial charge in [0.1, 0.15) is 5.82 Å². The van der Waals surface area contributed by atoms with Crippen LogP contribution in [0.15, 0.2) is 12.1 Å². The van der Waals surface area contributed by atoms with Crippen LogP contribution in [0.25, 0.3) is 0 Å². The van der Waals surface area contributed by atoms with Gasteiger partial charge in [0.15, 0.2) is 0 Å². The molecule has 1 aliphatic carbocycles. The second kappa shape index (κ2) is 5.75. The first kappa shape index (κ1) is 14.1. The molecule has 4 nitrogen and oxygen atoms in total. The summed E-state index contributed by atoms with van der Waals surface area (Å²) in [4.78, 5) is 11.0.